The van der Waals surface area contributed by atoms with Crippen LogP contribution >= 0.6 is 23.2 Å². The third kappa shape index (κ3) is 3.98. The van der Waals surface area contributed by atoms with E-state index in [0.717, 1.165) is 11.1 Å². The van der Waals surface area contributed by atoms with Crippen LogP contribution in [0.25, 0.3) is 0 Å². The molecule has 0 aliphatic heterocycles. The van der Waals surface area contributed by atoms with Crippen molar-refractivity contribution in [2.24, 2.45) is 0 Å². The van der Waals surface area contributed by atoms with E-state index in [1.165, 1.54) is 12.1 Å². The zero-order valence-electron chi connectivity index (χ0n) is 11.6. The Kier molecular flexibility index (Phi) is 4.94. The summed E-state index contributed by atoms with van der Waals surface area (Å²) in [6, 6.07) is 11.6. The standard InChI is InChI=1S/C15H15Cl2NO2S/c1-10-3-5-12(6-4-10)11(2)18-21(19,20)15-9-13(16)7-8-14(15)17/h3-9,11,18H,1-2H3/t11-/m1/s1. The number of sulfonamides is 1. The molecule has 6 heteroatoms. The van der Waals surface area contributed by atoms with Crippen LogP contribution in [0.4, 0.5) is 0 Å². The minimum absolute atomic E-state index is 0.0179. The topological polar surface area (TPSA) is 46.2 Å². The third-order valence-electron chi connectivity index (χ3n) is 3.09. The normalized spacial score (nSPS) is 13.1. The Morgan fingerprint density at radius 2 is 1.67 bits per heavy atom. The van der Waals surface area contributed by atoms with Gasteiger partial charge in [-0.25, -0.2) is 13.1 Å². The Morgan fingerprint density at radius 1 is 1.05 bits per heavy atom. The van der Waals surface area contributed by atoms with E-state index in [2.05, 4.69) is 4.72 Å². The molecule has 2 aromatic rings. The average molecular weight is 344 g/mol. The van der Waals surface area contributed by atoms with Gasteiger partial charge in [-0.15, -0.1) is 0 Å². The average Bonchev–Trinajstić information content (AvgIpc) is 2.41. The fourth-order valence-electron chi connectivity index (χ4n) is 1.90. The number of hydrogen-bond acceptors (Lipinski definition) is 2. The van der Waals surface area contributed by atoms with Crippen molar-refractivity contribution in [1.29, 1.82) is 0 Å². The highest BCUT2D eigenvalue weighted by Gasteiger charge is 2.21. The Balaban J connectivity index is 2.28. The molecule has 1 atom stereocenters. The summed E-state index contributed by atoms with van der Waals surface area (Å²) in [7, 11) is -3.74. The number of hydrogen-bond donors (Lipinski definition) is 1. The molecule has 1 N–H and O–H groups in total. The van der Waals surface area contributed by atoms with Crippen molar-refractivity contribution < 1.29 is 8.42 Å². The largest absolute Gasteiger partial charge is 0.242 e. The molecule has 0 aliphatic rings. The van der Waals surface area contributed by atoms with Crippen molar-refractivity contribution in [3.63, 3.8) is 0 Å². The number of nitrogens with one attached hydrogen (secondary N) is 1. The smallest absolute Gasteiger partial charge is 0.207 e. The van der Waals surface area contributed by atoms with Gasteiger partial charge in [-0.1, -0.05) is 53.0 Å². The maximum Gasteiger partial charge on any atom is 0.242 e. The summed E-state index contributed by atoms with van der Waals surface area (Å²) in [6.07, 6.45) is 0. The van der Waals surface area contributed by atoms with E-state index >= 15 is 0 Å². The fourth-order valence-corrected chi connectivity index (χ4v) is 3.90. The van der Waals surface area contributed by atoms with E-state index in [4.69, 9.17) is 23.2 Å². The zero-order valence-corrected chi connectivity index (χ0v) is 13.9. The molecule has 0 amide bonds. The quantitative estimate of drug-likeness (QED) is 0.897. The minimum Gasteiger partial charge on any atom is -0.207 e. The fraction of sp³-hybridized carbons (Fsp3) is 0.200. The lowest BCUT2D eigenvalue weighted by atomic mass is 10.1. The van der Waals surface area contributed by atoms with Crippen LogP contribution in [0.15, 0.2) is 47.4 Å². The summed E-state index contributed by atoms with van der Waals surface area (Å²) in [5.74, 6) is 0. The second-order valence-electron chi connectivity index (χ2n) is 4.83. The number of rotatable bonds is 4. The number of benzene rings is 2. The first-order chi connectivity index (χ1) is 9.79. The van der Waals surface area contributed by atoms with E-state index in [-0.39, 0.29) is 16.0 Å². The van der Waals surface area contributed by atoms with Crippen LogP contribution in [-0.2, 0) is 10.0 Å². The first kappa shape index (κ1) is 16.3. The lowest BCUT2D eigenvalue weighted by molar-refractivity contribution is 0.567. The molecule has 0 unspecified atom stereocenters. The summed E-state index contributed by atoms with van der Waals surface area (Å²) >= 11 is 11.8. The van der Waals surface area contributed by atoms with Gasteiger partial charge in [0.25, 0.3) is 0 Å². The lowest BCUT2D eigenvalue weighted by Gasteiger charge is -2.15. The van der Waals surface area contributed by atoms with Crippen molar-refractivity contribution in [1.82, 2.24) is 4.72 Å². The Hall–Kier alpha value is -1.07. The molecule has 0 spiro atoms. The van der Waals surface area contributed by atoms with Gasteiger partial charge in [0.05, 0.1) is 5.02 Å². The van der Waals surface area contributed by atoms with E-state index in [1.54, 1.807) is 13.0 Å². The lowest BCUT2D eigenvalue weighted by Crippen LogP contribution is -2.27. The van der Waals surface area contributed by atoms with Gasteiger partial charge >= 0.3 is 0 Å². The molecule has 0 saturated heterocycles. The molecule has 0 radical (unpaired) electrons. The van der Waals surface area contributed by atoms with Crippen LogP contribution in [0.2, 0.25) is 10.0 Å². The predicted octanol–water partition coefficient (Wildman–Crippen LogP) is 4.34. The van der Waals surface area contributed by atoms with Crippen molar-refractivity contribution in [3.05, 3.63) is 63.6 Å². The van der Waals surface area contributed by atoms with Gasteiger partial charge in [-0.05, 0) is 37.6 Å². The molecule has 0 aromatic heterocycles. The zero-order chi connectivity index (χ0) is 15.6. The maximum absolute atomic E-state index is 12.4. The first-order valence-corrected chi connectivity index (χ1v) is 8.57. The molecule has 0 fully saturated rings. The van der Waals surface area contributed by atoms with Gasteiger partial charge in [0.15, 0.2) is 0 Å². The van der Waals surface area contributed by atoms with Gasteiger partial charge in [-0.2, -0.15) is 0 Å². The monoisotopic (exact) mass is 343 g/mol. The molecular formula is C15H15Cl2NO2S. The summed E-state index contributed by atoms with van der Waals surface area (Å²) < 4.78 is 27.4. The summed E-state index contributed by atoms with van der Waals surface area (Å²) in [5, 5.41) is 0.464. The highest BCUT2D eigenvalue weighted by atomic mass is 35.5. The molecule has 0 saturated carbocycles. The van der Waals surface area contributed by atoms with Crippen LogP contribution in [0, 0.1) is 6.92 Å². The molecule has 0 heterocycles. The van der Waals surface area contributed by atoms with Crippen LogP contribution in [-0.4, -0.2) is 8.42 Å². The molecule has 3 nitrogen and oxygen atoms in total. The summed E-state index contributed by atoms with van der Waals surface area (Å²) in [4.78, 5) is -0.0179. The van der Waals surface area contributed by atoms with Gasteiger partial charge in [0, 0.05) is 11.1 Å². The highest BCUT2D eigenvalue weighted by molar-refractivity contribution is 7.89. The maximum atomic E-state index is 12.4. The predicted molar refractivity (Wildman–Crippen MR) is 86.4 cm³/mol. The Bertz CT molecular complexity index is 743. The second-order valence-corrected chi connectivity index (χ2v) is 7.35. The molecule has 2 aromatic carbocycles. The van der Waals surface area contributed by atoms with Crippen LogP contribution in [0.1, 0.15) is 24.1 Å². The SMILES string of the molecule is Cc1ccc([C@@H](C)NS(=O)(=O)c2cc(Cl)ccc2Cl)cc1. The van der Waals surface area contributed by atoms with Crippen molar-refractivity contribution in [3.8, 4) is 0 Å². The van der Waals surface area contributed by atoms with Gasteiger partial charge in [0.1, 0.15) is 4.90 Å². The molecule has 0 bridgehead atoms. The molecule has 21 heavy (non-hydrogen) atoms. The van der Waals surface area contributed by atoms with Gasteiger partial charge < -0.3 is 0 Å². The van der Waals surface area contributed by atoms with Crippen molar-refractivity contribution in [2.75, 3.05) is 0 Å². The van der Waals surface area contributed by atoms with E-state index in [9.17, 15) is 8.42 Å². The van der Waals surface area contributed by atoms with Gasteiger partial charge in [0.2, 0.25) is 10.0 Å². The number of halogens is 2. The highest BCUT2D eigenvalue weighted by Crippen LogP contribution is 2.26. The Labute approximate surface area is 135 Å². The van der Waals surface area contributed by atoms with Crippen molar-refractivity contribution in [2.45, 2.75) is 24.8 Å². The molecule has 112 valence electrons. The summed E-state index contributed by atoms with van der Waals surface area (Å²) in [5.41, 5.74) is 1.99. The third-order valence-corrected chi connectivity index (χ3v) is 5.35. The van der Waals surface area contributed by atoms with Crippen molar-refractivity contribution >= 4 is 33.2 Å². The minimum atomic E-state index is -3.74. The van der Waals surface area contributed by atoms with E-state index < -0.39 is 10.0 Å². The van der Waals surface area contributed by atoms with Crippen LogP contribution in [0.3, 0.4) is 0 Å². The van der Waals surface area contributed by atoms with Gasteiger partial charge in [-0.3, -0.25) is 0 Å². The Morgan fingerprint density at radius 3 is 2.29 bits per heavy atom. The van der Waals surface area contributed by atoms with Crippen LogP contribution < -0.4 is 4.72 Å². The second kappa shape index (κ2) is 6.36. The van der Waals surface area contributed by atoms with Crippen LogP contribution in [0.5, 0.6) is 0 Å². The molecule has 2 rings (SSSR count). The number of aryl methyl sites for hydroxylation is 1. The summed E-state index contributed by atoms with van der Waals surface area (Å²) in [6.45, 7) is 3.75. The first-order valence-electron chi connectivity index (χ1n) is 6.33. The van der Waals surface area contributed by atoms with E-state index in [1.807, 2.05) is 31.2 Å². The molecule has 0 aliphatic carbocycles. The van der Waals surface area contributed by atoms with E-state index in [0.29, 0.717) is 5.02 Å². The molecular weight excluding hydrogens is 329 g/mol.